The van der Waals surface area contributed by atoms with Gasteiger partial charge in [0.05, 0.1) is 16.3 Å². The van der Waals surface area contributed by atoms with E-state index in [1.807, 2.05) is 25.1 Å². The van der Waals surface area contributed by atoms with Crippen molar-refractivity contribution in [1.29, 1.82) is 0 Å². The van der Waals surface area contributed by atoms with Gasteiger partial charge in [-0.25, -0.2) is 0 Å². The van der Waals surface area contributed by atoms with E-state index in [-0.39, 0.29) is 16.3 Å². The molecule has 6 nitrogen and oxygen atoms in total. The summed E-state index contributed by atoms with van der Waals surface area (Å²) in [5.41, 5.74) is 5.63. The Morgan fingerprint density at radius 1 is 1.15 bits per heavy atom. The third-order valence-corrected chi connectivity index (χ3v) is 5.25. The van der Waals surface area contributed by atoms with Crippen molar-refractivity contribution in [3.05, 3.63) is 63.1 Å². The van der Waals surface area contributed by atoms with Crippen LogP contribution < -0.4 is 10.9 Å². The Morgan fingerprint density at radius 3 is 2.59 bits per heavy atom. The maximum atomic E-state index is 11.9. The predicted molar refractivity (Wildman–Crippen MR) is 108 cm³/mol. The fraction of sp³-hybridized carbons (Fsp3) is 0.167. The van der Waals surface area contributed by atoms with E-state index in [9.17, 15) is 14.4 Å². The van der Waals surface area contributed by atoms with Crippen molar-refractivity contribution >= 4 is 57.1 Å². The monoisotopic (exact) mass is 470 g/mol. The molecule has 27 heavy (non-hydrogen) atoms. The van der Waals surface area contributed by atoms with Gasteiger partial charge in [-0.05, 0) is 42.8 Å². The van der Waals surface area contributed by atoms with E-state index in [4.69, 9.17) is 16.3 Å². The summed E-state index contributed by atoms with van der Waals surface area (Å²) in [7, 11) is 0. The molecule has 9 heteroatoms. The van der Waals surface area contributed by atoms with Gasteiger partial charge in [-0.1, -0.05) is 39.7 Å². The largest absolute Gasteiger partial charge is 0.455 e. The van der Waals surface area contributed by atoms with Gasteiger partial charge in [0.15, 0.2) is 6.61 Å². The number of rotatable bonds is 6. The molecule has 2 aromatic rings. The number of hydrazine groups is 1. The molecule has 2 amide bonds. The maximum absolute atomic E-state index is 11.9. The van der Waals surface area contributed by atoms with Crippen LogP contribution in [-0.4, -0.2) is 30.1 Å². The number of hydrogen-bond donors (Lipinski definition) is 2. The van der Waals surface area contributed by atoms with Crippen molar-refractivity contribution in [3.8, 4) is 0 Å². The average Bonchev–Trinajstić information content (AvgIpc) is 2.64. The second-order valence-electron chi connectivity index (χ2n) is 5.34. The molecule has 2 rings (SSSR count). The molecule has 0 bridgehead atoms. The molecule has 2 N–H and O–H groups in total. The fourth-order valence-electron chi connectivity index (χ4n) is 1.97. The minimum absolute atomic E-state index is 0.0712. The van der Waals surface area contributed by atoms with Crippen LogP contribution in [0.15, 0.2) is 51.8 Å². The van der Waals surface area contributed by atoms with Gasteiger partial charge < -0.3 is 4.74 Å². The van der Waals surface area contributed by atoms with E-state index in [1.165, 1.54) is 17.8 Å². The molecule has 0 saturated carbocycles. The number of ether oxygens (including phenoxy) is 1. The minimum atomic E-state index is -0.659. The van der Waals surface area contributed by atoms with Crippen molar-refractivity contribution in [3.63, 3.8) is 0 Å². The van der Waals surface area contributed by atoms with Crippen molar-refractivity contribution in [2.24, 2.45) is 0 Å². The van der Waals surface area contributed by atoms with Gasteiger partial charge in [-0.15, -0.1) is 11.8 Å². The van der Waals surface area contributed by atoms with E-state index in [0.717, 1.165) is 14.9 Å². The fourth-order valence-corrected chi connectivity index (χ4v) is 3.48. The van der Waals surface area contributed by atoms with E-state index in [0.29, 0.717) is 0 Å². The van der Waals surface area contributed by atoms with Gasteiger partial charge in [0, 0.05) is 9.37 Å². The zero-order valence-corrected chi connectivity index (χ0v) is 17.4. The average molecular weight is 472 g/mol. The number of amides is 2. The highest BCUT2D eigenvalue weighted by molar-refractivity contribution is 9.10. The number of carbonyl (C=O) groups is 3. The van der Waals surface area contributed by atoms with E-state index in [1.54, 1.807) is 18.2 Å². The lowest BCUT2D eigenvalue weighted by molar-refractivity contribution is -0.146. The van der Waals surface area contributed by atoms with E-state index < -0.39 is 24.4 Å². The molecule has 0 fully saturated rings. The summed E-state index contributed by atoms with van der Waals surface area (Å²) < 4.78 is 5.85. The van der Waals surface area contributed by atoms with Gasteiger partial charge in [0.1, 0.15) is 0 Å². The van der Waals surface area contributed by atoms with Gasteiger partial charge in [0.25, 0.3) is 11.8 Å². The van der Waals surface area contributed by atoms with Gasteiger partial charge in [-0.2, -0.15) is 0 Å². The van der Waals surface area contributed by atoms with Gasteiger partial charge >= 0.3 is 5.97 Å². The van der Waals surface area contributed by atoms with Crippen LogP contribution in [0.5, 0.6) is 0 Å². The second kappa shape index (κ2) is 10.3. The van der Waals surface area contributed by atoms with Crippen LogP contribution in [0.1, 0.15) is 15.9 Å². The standard InChI is InChI=1S/C18H16BrClN2O4S/c1-11-8-12(19)6-7-15(11)27-10-17(24)26-9-16(23)21-22-18(25)13-4-2-3-5-14(13)20/h2-8H,9-10H2,1H3,(H,21,23)(H,22,25). The number of thioether (sulfide) groups is 1. The molecule has 2 aromatic carbocycles. The Morgan fingerprint density at radius 2 is 1.89 bits per heavy atom. The first-order chi connectivity index (χ1) is 12.9. The molecule has 0 aliphatic heterocycles. The molecule has 0 radical (unpaired) electrons. The lowest BCUT2D eigenvalue weighted by Gasteiger charge is -2.09. The zero-order valence-electron chi connectivity index (χ0n) is 14.3. The molecular formula is C18H16BrClN2O4S. The lowest BCUT2D eigenvalue weighted by atomic mass is 10.2. The van der Waals surface area contributed by atoms with Gasteiger partial charge in [-0.3, -0.25) is 25.2 Å². The number of carbonyl (C=O) groups excluding carboxylic acids is 3. The molecular weight excluding hydrogens is 456 g/mol. The molecule has 0 unspecified atom stereocenters. The van der Waals surface area contributed by atoms with Crippen LogP contribution >= 0.6 is 39.3 Å². The maximum Gasteiger partial charge on any atom is 0.316 e. The molecule has 0 aromatic heterocycles. The Balaban J connectivity index is 1.71. The molecule has 0 aliphatic rings. The van der Waals surface area contributed by atoms with Crippen LogP contribution in [0.3, 0.4) is 0 Å². The van der Waals surface area contributed by atoms with Crippen molar-refractivity contribution in [1.82, 2.24) is 10.9 Å². The molecule has 0 heterocycles. The van der Waals surface area contributed by atoms with Crippen LogP contribution in [0.4, 0.5) is 0 Å². The summed E-state index contributed by atoms with van der Waals surface area (Å²) in [6, 6.07) is 12.1. The minimum Gasteiger partial charge on any atom is -0.455 e. The predicted octanol–water partition coefficient (Wildman–Crippen LogP) is 3.51. The van der Waals surface area contributed by atoms with Crippen LogP contribution in [0, 0.1) is 6.92 Å². The molecule has 0 atom stereocenters. The first-order valence-corrected chi connectivity index (χ1v) is 9.90. The Kier molecular flexibility index (Phi) is 8.15. The number of nitrogens with one attached hydrogen (secondary N) is 2. The summed E-state index contributed by atoms with van der Waals surface area (Å²) in [6.45, 7) is 1.44. The van der Waals surface area contributed by atoms with Crippen molar-refractivity contribution in [2.45, 2.75) is 11.8 Å². The smallest absolute Gasteiger partial charge is 0.316 e. The van der Waals surface area contributed by atoms with Crippen LogP contribution in [0.25, 0.3) is 0 Å². The van der Waals surface area contributed by atoms with Crippen LogP contribution in [-0.2, 0) is 14.3 Å². The molecule has 0 spiro atoms. The molecule has 0 aliphatic carbocycles. The summed E-state index contributed by atoms with van der Waals surface area (Å²) in [5.74, 6) is -1.69. The summed E-state index contributed by atoms with van der Waals surface area (Å²) >= 11 is 10.6. The highest BCUT2D eigenvalue weighted by Gasteiger charge is 2.12. The van der Waals surface area contributed by atoms with Gasteiger partial charge in [0.2, 0.25) is 0 Å². The summed E-state index contributed by atoms with van der Waals surface area (Å²) in [4.78, 5) is 36.3. The second-order valence-corrected chi connectivity index (χ2v) is 7.68. The summed E-state index contributed by atoms with van der Waals surface area (Å²) in [6.07, 6.45) is 0. The number of hydrogen-bond acceptors (Lipinski definition) is 5. The third-order valence-electron chi connectivity index (χ3n) is 3.28. The molecule has 0 saturated heterocycles. The number of aryl methyl sites for hydroxylation is 1. The Hall–Kier alpha value is -2.03. The number of halogens is 2. The third kappa shape index (κ3) is 6.89. The number of esters is 1. The topological polar surface area (TPSA) is 84.5 Å². The highest BCUT2D eigenvalue weighted by Crippen LogP contribution is 2.25. The van der Waals surface area contributed by atoms with Crippen molar-refractivity contribution in [2.75, 3.05) is 12.4 Å². The normalized spacial score (nSPS) is 10.2. The highest BCUT2D eigenvalue weighted by atomic mass is 79.9. The SMILES string of the molecule is Cc1cc(Br)ccc1SCC(=O)OCC(=O)NNC(=O)c1ccccc1Cl. The van der Waals surface area contributed by atoms with E-state index in [2.05, 4.69) is 26.8 Å². The van der Waals surface area contributed by atoms with E-state index >= 15 is 0 Å². The zero-order chi connectivity index (χ0) is 19.8. The summed E-state index contributed by atoms with van der Waals surface area (Å²) in [5, 5.41) is 0.260. The Labute approximate surface area is 174 Å². The lowest BCUT2D eigenvalue weighted by Crippen LogP contribution is -2.43. The quantitative estimate of drug-likeness (QED) is 0.383. The first kappa shape index (κ1) is 21.3. The van der Waals surface area contributed by atoms with Crippen LogP contribution in [0.2, 0.25) is 5.02 Å². The van der Waals surface area contributed by atoms with Crippen molar-refractivity contribution < 1.29 is 19.1 Å². The first-order valence-electron chi connectivity index (χ1n) is 7.75. The Bertz CT molecular complexity index is 863. The number of benzene rings is 2. The molecule has 142 valence electrons.